The predicted octanol–water partition coefficient (Wildman–Crippen LogP) is 6.03. The van der Waals surface area contributed by atoms with E-state index in [1.165, 1.54) is 57.8 Å². The molecule has 1 aliphatic heterocycles. The van der Waals surface area contributed by atoms with Crippen molar-refractivity contribution in [3.63, 3.8) is 0 Å². The van der Waals surface area contributed by atoms with Crippen molar-refractivity contribution in [1.82, 2.24) is 14.5 Å². The lowest BCUT2D eigenvalue weighted by molar-refractivity contribution is -0.137. The van der Waals surface area contributed by atoms with E-state index in [1.54, 1.807) is 0 Å². The number of likely N-dealkylation sites (tertiary alicyclic amines) is 1. The second kappa shape index (κ2) is 12.8. The first-order chi connectivity index (χ1) is 19.0. The lowest BCUT2D eigenvalue weighted by Gasteiger charge is -2.36. The Morgan fingerprint density at radius 3 is 2.41 bits per heavy atom. The van der Waals surface area contributed by atoms with E-state index in [0.717, 1.165) is 24.0 Å². The van der Waals surface area contributed by atoms with Gasteiger partial charge in [0.25, 0.3) is 5.56 Å². The van der Waals surface area contributed by atoms with E-state index >= 15 is 0 Å². The maximum absolute atomic E-state index is 13.9. The van der Waals surface area contributed by atoms with Crippen LogP contribution in [-0.4, -0.2) is 50.2 Å². The van der Waals surface area contributed by atoms with Crippen molar-refractivity contribution < 1.29 is 9.90 Å². The monoisotopic (exact) mass is 530 g/mol. The fourth-order valence-electron chi connectivity index (χ4n) is 6.76. The molecule has 1 saturated heterocycles. The summed E-state index contributed by atoms with van der Waals surface area (Å²) in [6.45, 7) is 3.28. The Labute approximate surface area is 231 Å². The van der Waals surface area contributed by atoms with Gasteiger partial charge in [-0.15, -0.1) is 0 Å². The number of carboxylic acids is 1. The number of benzene rings is 2. The summed E-state index contributed by atoms with van der Waals surface area (Å²) in [5, 5.41) is 12.9. The third-order valence-corrected chi connectivity index (χ3v) is 8.71. The van der Waals surface area contributed by atoms with Crippen LogP contribution in [0.1, 0.15) is 82.7 Å². The third-order valence-electron chi connectivity index (χ3n) is 8.71. The maximum atomic E-state index is 13.9. The van der Waals surface area contributed by atoms with Crippen LogP contribution in [0.4, 0.5) is 5.82 Å². The molecule has 1 saturated carbocycles. The van der Waals surface area contributed by atoms with Crippen LogP contribution in [0.5, 0.6) is 0 Å². The highest BCUT2D eigenvalue weighted by Crippen LogP contribution is 2.32. The lowest BCUT2D eigenvalue weighted by atomic mass is 9.94. The molecule has 2 N–H and O–H groups in total. The van der Waals surface area contributed by atoms with Crippen molar-refractivity contribution in [3.8, 4) is 0 Å². The number of aromatic nitrogens is 2. The van der Waals surface area contributed by atoms with E-state index in [9.17, 15) is 14.7 Å². The zero-order chi connectivity index (χ0) is 27.2. The number of aliphatic carboxylic acids is 1. The molecule has 39 heavy (non-hydrogen) atoms. The minimum atomic E-state index is -1.01. The Morgan fingerprint density at radius 1 is 0.974 bits per heavy atom. The van der Waals surface area contributed by atoms with E-state index in [1.807, 2.05) is 59.2 Å². The van der Waals surface area contributed by atoms with Gasteiger partial charge in [-0.1, -0.05) is 74.6 Å². The average Bonchev–Trinajstić information content (AvgIpc) is 3.36. The standard InChI is InChI=1S/C32H42N4O3/c1-23(21-26-17-12-20-35(26)25-15-8-3-2-4-9-16-25)36-29-19-11-10-18-27(29)33-30(31(36)37)34-28(32(38)39)22-24-13-6-5-7-14-24/h5-7,10-11,13-14,18-19,23,25-26,28H,2-4,8-9,12,15-17,20-22H2,1H3,(H,33,34)(H,38,39)/t23-,26-,28-/m0/s1. The van der Waals surface area contributed by atoms with Gasteiger partial charge in [0.1, 0.15) is 6.04 Å². The topological polar surface area (TPSA) is 87.5 Å². The summed E-state index contributed by atoms with van der Waals surface area (Å²) >= 11 is 0. The van der Waals surface area contributed by atoms with Gasteiger partial charge in [0.05, 0.1) is 11.0 Å². The Morgan fingerprint density at radius 2 is 1.67 bits per heavy atom. The van der Waals surface area contributed by atoms with Gasteiger partial charge >= 0.3 is 5.97 Å². The molecule has 5 rings (SSSR count). The molecule has 0 spiro atoms. The number of hydrogen-bond acceptors (Lipinski definition) is 5. The third kappa shape index (κ3) is 6.52. The first-order valence-corrected chi connectivity index (χ1v) is 14.8. The number of para-hydroxylation sites is 2. The fourth-order valence-corrected chi connectivity index (χ4v) is 6.76. The molecule has 1 aliphatic carbocycles. The molecular formula is C32H42N4O3. The number of anilines is 1. The summed E-state index contributed by atoms with van der Waals surface area (Å²) < 4.78 is 1.85. The smallest absolute Gasteiger partial charge is 0.326 e. The van der Waals surface area contributed by atoms with Crippen LogP contribution >= 0.6 is 0 Å². The van der Waals surface area contributed by atoms with E-state index in [0.29, 0.717) is 17.6 Å². The largest absolute Gasteiger partial charge is 0.480 e. The van der Waals surface area contributed by atoms with E-state index in [2.05, 4.69) is 22.1 Å². The van der Waals surface area contributed by atoms with E-state index in [4.69, 9.17) is 0 Å². The van der Waals surface area contributed by atoms with Crippen molar-refractivity contribution in [1.29, 1.82) is 0 Å². The Balaban J connectivity index is 1.41. The molecule has 1 aromatic heterocycles. The first-order valence-electron chi connectivity index (χ1n) is 14.8. The molecule has 2 heterocycles. The molecule has 0 amide bonds. The van der Waals surface area contributed by atoms with Gasteiger partial charge in [0.15, 0.2) is 5.82 Å². The summed E-state index contributed by atoms with van der Waals surface area (Å²) in [6.07, 6.45) is 12.8. The molecule has 3 atom stereocenters. The van der Waals surface area contributed by atoms with Crippen molar-refractivity contribution in [2.45, 2.75) is 102 Å². The zero-order valence-corrected chi connectivity index (χ0v) is 23.1. The molecule has 2 aliphatic rings. The summed E-state index contributed by atoms with van der Waals surface area (Å²) in [7, 11) is 0. The number of carbonyl (C=O) groups is 1. The van der Waals surface area contributed by atoms with Crippen LogP contribution in [0.25, 0.3) is 11.0 Å². The highest BCUT2D eigenvalue weighted by molar-refractivity contribution is 5.79. The molecular weight excluding hydrogens is 488 g/mol. The van der Waals surface area contributed by atoms with Crippen LogP contribution in [-0.2, 0) is 11.2 Å². The molecule has 2 aromatic carbocycles. The lowest BCUT2D eigenvalue weighted by Crippen LogP contribution is -2.41. The number of rotatable bonds is 9. The van der Waals surface area contributed by atoms with Crippen LogP contribution in [0.3, 0.4) is 0 Å². The van der Waals surface area contributed by atoms with Crippen molar-refractivity contribution in [3.05, 3.63) is 70.5 Å². The van der Waals surface area contributed by atoms with Crippen molar-refractivity contribution >= 4 is 22.8 Å². The van der Waals surface area contributed by atoms with E-state index < -0.39 is 12.0 Å². The quantitative estimate of drug-likeness (QED) is 0.351. The fraction of sp³-hybridized carbons (Fsp3) is 0.531. The van der Waals surface area contributed by atoms with Crippen molar-refractivity contribution in [2.75, 3.05) is 11.9 Å². The molecule has 208 valence electrons. The van der Waals surface area contributed by atoms with Gasteiger partial charge in [0.2, 0.25) is 0 Å². The molecule has 3 aromatic rings. The number of hydrogen-bond donors (Lipinski definition) is 2. The summed E-state index contributed by atoms with van der Waals surface area (Å²) in [5.74, 6) is -0.902. The molecule has 7 heteroatoms. The number of carboxylic acid groups (broad SMARTS) is 1. The second-order valence-electron chi connectivity index (χ2n) is 11.5. The second-order valence-corrected chi connectivity index (χ2v) is 11.5. The van der Waals surface area contributed by atoms with Crippen LogP contribution in [0.15, 0.2) is 59.4 Å². The van der Waals surface area contributed by atoms with Gasteiger partial charge in [-0.3, -0.25) is 9.69 Å². The Hall–Kier alpha value is -3.19. The summed E-state index contributed by atoms with van der Waals surface area (Å²) in [6, 6.07) is 17.3. The SMILES string of the molecule is C[C@@H](C[C@@H]1CCCN1C1CCCCCCC1)n1c(=O)c(N[C@@H](Cc2ccccc2)C(=O)O)nc2ccccc21. The minimum absolute atomic E-state index is 0.0393. The number of fused-ring (bicyclic) bond motifs is 1. The van der Waals surface area contributed by atoms with Gasteiger partial charge < -0.3 is 15.0 Å². The predicted molar refractivity (Wildman–Crippen MR) is 156 cm³/mol. The van der Waals surface area contributed by atoms with Crippen LogP contribution in [0, 0.1) is 0 Å². The van der Waals surface area contributed by atoms with Crippen LogP contribution < -0.4 is 10.9 Å². The number of nitrogens with zero attached hydrogens (tertiary/aromatic N) is 3. The van der Waals surface area contributed by atoms with Gasteiger partial charge in [-0.2, -0.15) is 0 Å². The number of nitrogens with one attached hydrogen (secondary N) is 1. The molecule has 0 bridgehead atoms. The molecule has 7 nitrogen and oxygen atoms in total. The average molecular weight is 531 g/mol. The minimum Gasteiger partial charge on any atom is -0.480 e. The molecule has 0 radical (unpaired) electrons. The summed E-state index contributed by atoms with van der Waals surface area (Å²) in [5.41, 5.74) is 2.13. The van der Waals surface area contributed by atoms with Gasteiger partial charge in [0, 0.05) is 24.5 Å². The highest BCUT2D eigenvalue weighted by Gasteiger charge is 2.32. The maximum Gasteiger partial charge on any atom is 0.326 e. The van der Waals surface area contributed by atoms with Crippen LogP contribution in [0.2, 0.25) is 0 Å². The normalized spacial score (nSPS) is 20.8. The van der Waals surface area contributed by atoms with Crippen molar-refractivity contribution in [2.24, 2.45) is 0 Å². The first kappa shape index (κ1) is 27.4. The zero-order valence-electron chi connectivity index (χ0n) is 23.1. The van der Waals surface area contributed by atoms with E-state index in [-0.39, 0.29) is 23.8 Å². The summed E-state index contributed by atoms with van der Waals surface area (Å²) in [4.78, 5) is 33.4. The Bertz CT molecular complexity index is 1300. The highest BCUT2D eigenvalue weighted by atomic mass is 16.4. The molecule has 0 unspecified atom stereocenters. The van der Waals surface area contributed by atoms with Gasteiger partial charge in [-0.05, 0) is 63.3 Å². The van der Waals surface area contributed by atoms with Gasteiger partial charge in [-0.25, -0.2) is 9.78 Å². The molecule has 2 fully saturated rings. The Kier molecular flexibility index (Phi) is 8.97.